The van der Waals surface area contributed by atoms with E-state index in [4.69, 9.17) is 11.6 Å². The van der Waals surface area contributed by atoms with Gasteiger partial charge in [-0.2, -0.15) is 0 Å². The Morgan fingerprint density at radius 2 is 2.11 bits per heavy atom. The zero-order valence-electron chi connectivity index (χ0n) is 14.5. The first kappa shape index (κ1) is 17.8. The van der Waals surface area contributed by atoms with E-state index < -0.39 is 5.91 Å². The molecule has 1 aromatic carbocycles. The number of amides is 1. The molecule has 4 rings (SSSR count). The van der Waals surface area contributed by atoms with Gasteiger partial charge in [-0.3, -0.25) is 14.9 Å². The summed E-state index contributed by atoms with van der Waals surface area (Å²) in [5.41, 5.74) is 1.42. The molecule has 9 heteroatoms. The Bertz CT molecular complexity index is 1040. The van der Waals surface area contributed by atoms with Crippen molar-refractivity contribution in [2.75, 3.05) is 5.32 Å². The standard InChI is InChI=1S/C18H16ClN5O2S/c1-2-14-21-16(23-24(14)12-8-4-3-6-10(12)19)17(26)22-18-20-11-7-5-9-13(25)15(11)27-18/h3-4,6,8H,2,5,7,9H2,1H3,(H,20,22,26). The second-order valence-electron chi connectivity index (χ2n) is 6.09. The Hall–Kier alpha value is -2.58. The van der Waals surface area contributed by atoms with Crippen molar-refractivity contribution in [3.8, 4) is 5.69 Å². The minimum atomic E-state index is -0.464. The van der Waals surface area contributed by atoms with Crippen molar-refractivity contribution in [1.82, 2.24) is 19.7 Å². The van der Waals surface area contributed by atoms with Gasteiger partial charge in [0.05, 0.1) is 21.3 Å². The zero-order valence-corrected chi connectivity index (χ0v) is 16.1. The summed E-state index contributed by atoms with van der Waals surface area (Å²) in [6.07, 6.45) is 2.68. The Kier molecular flexibility index (Phi) is 4.75. The van der Waals surface area contributed by atoms with Gasteiger partial charge in [0.15, 0.2) is 10.9 Å². The second kappa shape index (κ2) is 7.21. The fraction of sp³-hybridized carbons (Fsp3) is 0.278. The number of thiazole rings is 1. The SMILES string of the molecule is CCc1nc(C(=O)Nc2nc3c(s2)C(=O)CCC3)nn1-c1ccccc1Cl. The molecule has 1 aliphatic carbocycles. The number of Topliss-reactive ketones (excluding diaryl/α,β-unsaturated/α-hetero) is 1. The molecule has 0 saturated heterocycles. The van der Waals surface area contributed by atoms with Crippen molar-refractivity contribution < 1.29 is 9.59 Å². The molecule has 1 amide bonds. The average Bonchev–Trinajstić information content (AvgIpc) is 3.26. The minimum Gasteiger partial charge on any atom is -0.295 e. The largest absolute Gasteiger partial charge is 0.297 e. The van der Waals surface area contributed by atoms with Gasteiger partial charge in [-0.15, -0.1) is 5.10 Å². The van der Waals surface area contributed by atoms with Crippen molar-refractivity contribution in [3.63, 3.8) is 0 Å². The van der Waals surface area contributed by atoms with Gasteiger partial charge >= 0.3 is 0 Å². The predicted octanol–water partition coefficient (Wildman–Crippen LogP) is 3.71. The van der Waals surface area contributed by atoms with E-state index in [-0.39, 0.29) is 11.6 Å². The summed E-state index contributed by atoms with van der Waals surface area (Å²) in [6, 6.07) is 7.25. The number of carbonyl (C=O) groups is 2. The number of fused-ring (bicyclic) bond motifs is 1. The molecular weight excluding hydrogens is 386 g/mol. The van der Waals surface area contributed by atoms with Crippen LogP contribution in [0, 0.1) is 0 Å². The number of aromatic nitrogens is 4. The van der Waals surface area contributed by atoms with Gasteiger partial charge in [-0.25, -0.2) is 14.6 Å². The van der Waals surface area contributed by atoms with Gasteiger partial charge in [0.1, 0.15) is 5.82 Å². The van der Waals surface area contributed by atoms with Gasteiger partial charge in [0, 0.05) is 12.8 Å². The van der Waals surface area contributed by atoms with Crippen LogP contribution in [0.25, 0.3) is 5.69 Å². The summed E-state index contributed by atoms with van der Waals surface area (Å²) in [6.45, 7) is 1.93. The Morgan fingerprint density at radius 1 is 1.30 bits per heavy atom. The van der Waals surface area contributed by atoms with Crippen LogP contribution in [0.3, 0.4) is 0 Å². The number of carbonyl (C=O) groups excluding carboxylic acids is 2. The Balaban J connectivity index is 1.61. The minimum absolute atomic E-state index is 0.0336. The maximum Gasteiger partial charge on any atom is 0.297 e. The Labute approximate surface area is 164 Å². The summed E-state index contributed by atoms with van der Waals surface area (Å²) in [7, 11) is 0. The molecule has 0 atom stereocenters. The first-order chi connectivity index (χ1) is 13.1. The second-order valence-corrected chi connectivity index (χ2v) is 7.50. The first-order valence-corrected chi connectivity index (χ1v) is 9.81. The molecule has 0 unspecified atom stereocenters. The number of ketones is 1. The average molecular weight is 402 g/mol. The molecule has 0 radical (unpaired) electrons. The van der Waals surface area contributed by atoms with Gasteiger partial charge in [0.2, 0.25) is 5.82 Å². The van der Waals surface area contributed by atoms with E-state index in [0.29, 0.717) is 39.4 Å². The number of aryl methyl sites for hydroxylation is 2. The number of hydrogen-bond acceptors (Lipinski definition) is 6. The summed E-state index contributed by atoms with van der Waals surface area (Å²) < 4.78 is 1.58. The lowest BCUT2D eigenvalue weighted by atomic mass is 10.0. The van der Waals surface area contributed by atoms with Crippen LogP contribution in [0.1, 0.15) is 51.6 Å². The molecule has 0 bridgehead atoms. The predicted molar refractivity (Wildman–Crippen MR) is 103 cm³/mol. The lowest BCUT2D eigenvalue weighted by Gasteiger charge is -2.05. The third kappa shape index (κ3) is 3.38. The van der Waals surface area contributed by atoms with Crippen LogP contribution >= 0.6 is 22.9 Å². The molecule has 7 nitrogen and oxygen atoms in total. The molecule has 3 aromatic rings. The number of nitrogens with one attached hydrogen (secondary N) is 1. The van der Waals surface area contributed by atoms with Crippen LogP contribution < -0.4 is 5.32 Å². The lowest BCUT2D eigenvalue weighted by molar-refractivity contribution is 0.0974. The summed E-state index contributed by atoms with van der Waals surface area (Å²) in [5.74, 6) is 0.283. The van der Waals surface area contributed by atoms with Gasteiger partial charge in [0.25, 0.3) is 5.91 Å². The number of anilines is 1. The highest BCUT2D eigenvalue weighted by Gasteiger charge is 2.24. The molecule has 0 fully saturated rings. The van der Waals surface area contributed by atoms with Gasteiger partial charge in [-0.05, 0) is 25.0 Å². The van der Waals surface area contributed by atoms with E-state index in [1.807, 2.05) is 25.1 Å². The molecule has 2 aromatic heterocycles. The van der Waals surface area contributed by atoms with E-state index in [1.165, 1.54) is 11.3 Å². The van der Waals surface area contributed by atoms with Crippen molar-refractivity contribution >= 4 is 39.8 Å². The molecule has 138 valence electrons. The summed E-state index contributed by atoms with van der Waals surface area (Å²) in [4.78, 5) is 33.9. The van der Waals surface area contributed by atoms with Crippen molar-refractivity contribution in [1.29, 1.82) is 0 Å². The molecular formula is C18H16ClN5O2S. The molecule has 27 heavy (non-hydrogen) atoms. The molecule has 1 aliphatic rings. The first-order valence-electron chi connectivity index (χ1n) is 8.62. The van der Waals surface area contributed by atoms with Crippen LogP contribution in [0.4, 0.5) is 5.13 Å². The quantitative estimate of drug-likeness (QED) is 0.719. The van der Waals surface area contributed by atoms with Gasteiger partial charge < -0.3 is 0 Å². The fourth-order valence-electron chi connectivity index (χ4n) is 2.96. The summed E-state index contributed by atoms with van der Waals surface area (Å²) in [5, 5.41) is 7.95. The molecule has 2 heterocycles. The molecule has 0 aliphatic heterocycles. The number of para-hydroxylation sites is 1. The monoisotopic (exact) mass is 401 g/mol. The zero-order chi connectivity index (χ0) is 19.0. The van der Waals surface area contributed by atoms with Crippen LogP contribution in [-0.4, -0.2) is 31.4 Å². The molecule has 1 N–H and O–H groups in total. The van der Waals surface area contributed by atoms with E-state index >= 15 is 0 Å². The third-order valence-corrected chi connectivity index (χ3v) is 5.64. The van der Waals surface area contributed by atoms with Crippen LogP contribution in [-0.2, 0) is 12.8 Å². The van der Waals surface area contributed by atoms with E-state index in [1.54, 1.807) is 10.7 Å². The maximum absolute atomic E-state index is 12.6. The highest BCUT2D eigenvalue weighted by Crippen LogP contribution is 2.29. The van der Waals surface area contributed by atoms with Crippen molar-refractivity contribution in [2.24, 2.45) is 0 Å². The number of halogens is 1. The van der Waals surface area contributed by atoms with E-state index in [0.717, 1.165) is 18.5 Å². The van der Waals surface area contributed by atoms with Gasteiger partial charge in [-0.1, -0.05) is 42.0 Å². The molecule has 0 saturated carbocycles. The normalized spacial score (nSPS) is 13.5. The van der Waals surface area contributed by atoms with Crippen LogP contribution in [0.15, 0.2) is 24.3 Å². The third-order valence-electron chi connectivity index (χ3n) is 4.26. The topological polar surface area (TPSA) is 89.8 Å². The highest BCUT2D eigenvalue weighted by molar-refractivity contribution is 7.17. The lowest BCUT2D eigenvalue weighted by Crippen LogP contribution is -2.14. The number of hydrogen-bond donors (Lipinski definition) is 1. The van der Waals surface area contributed by atoms with E-state index in [9.17, 15) is 9.59 Å². The fourth-order valence-corrected chi connectivity index (χ4v) is 4.15. The van der Waals surface area contributed by atoms with Crippen LogP contribution in [0.5, 0.6) is 0 Å². The summed E-state index contributed by atoms with van der Waals surface area (Å²) >= 11 is 7.45. The number of benzene rings is 1. The van der Waals surface area contributed by atoms with Crippen molar-refractivity contribution in [3.05, 3.63) is 51.5 Å². The molecule has 0 spiro atoms. The highest BCUT2D eigenvalue weighted by atomic mass is 35.5. The number of nitrogens with zero attached hydrogens (tertiary/aromatic N) is 4. The van der Waals surface area contributed by atoms with E-state index in [2.05, 4.69) is 20.4 Å². The maximum atomic E-state index is 12.6. The van der Waals surface area contributed by atoms with Crippen molar-refractivity contribution in [2.45, 2.75) is 32.6 Å². The van der Waals surface area contributed by atoms with Crippen LogP contribution in [0.2, 0.25) is 5.02 Å². The number of rotatable bonds is 4. The smallest absolute Gasteiger partial charge is 0.295 e. The Morgan fingerprint density at radius 3 is 2.85 bits per heavy atom.